The van der Waals surface area contributed by atoms with Crippen LogP contribution in [-0.4, -0.2) is 23.1 Å². The van der Waals surface area contributed by atoms with Gasteiger partial charge in [0.2, 0.25) is 11.8 Å². The Balaban J connectivity index is 1.87. The Morgan fingerprint density at radius 1 is 1.29 bits per heavy atom. The van der Waals surface area contributed by atoms with E-state index in [1.165, 1.54) is 30.6 Å². The molecule has 1 fully saturated rings. The van der Waals surface area contributed by atoms with Crippen LogP contribution in [0.3, 0.4) is 0 Å². The van der Waals surface area contributed by atoms with Crippen molar-refractivity contribution >= 4 is 27.5 Å². The highest BCUT2D eigenvalue weighted by Crippen LogP contribution is 2.33. The molecule has 0 spiro atoms. The molecule has 0 amide bonds. The fourth-order valence-electron chi connectivity index (χ4n) is 2.84. The molecule has 2 aromatic heterocycles. The van der Waals surface area contributed by atoms with Crippen LogP contribution >= 0.6 is 11.3 Å². The predicted octanol–water partition coefficient (Wildman–Crippen LogP) is 4.25. The first-order chi connectivity index (χ1) is 10.3. The molecule has 2 aromatic rings. The van der Waals surface area contributed by atoms with E-state index in [0.29, 0.717) is 11.9 Å². The van der Waals surface area contributed by atoms with Crippen molar-refractivity contribution in [2.45, 2.75) is 46.0 Å². The third kappa shape index (κ3) is 3.28. The molecular formula is C16H23N3OS. The number of hydrogen-bond acceptors (Lipinski definition) is 5. The summed E-state index contributed by atoms with van der Waals surface area (Å²) in [5.41, 5.74) is 0. The molecule has 0 aromatic carbocycles. The predicted molar refractivity (Wildman–Crippen MR) is 88.4 cm³/mol. The van der Waals surface area contributed by atoms with Crippen LogP contribution in [0.2, 0.25) is 0 Å². The number of thiophene rings is 1. The zero-order chi connectivity index (χ0) is 14.7. The number of rotatable bonds is 6. The summed E-state index contributed by atoms with van der Waals surface area (Å²) >= 11 is 1.74. The molecule has 114 valence electrons. The first-order valence-electron chi connectivity index (χ1n) is 7.97. The number of fused-ring (bicyclic) bond motifs is 1. The number of nitrogens with zero attached hydrogens (tertiary/aromatic N) is 2. The van der Waals surface area contributed by atoms with Crippen molar-refractivity contribution in [2.24, 2.45) is 5.92 Å². The van der Waals surface area contributed by atoms with Crippen LogP contribution in [0.1, 0.15) is 44.4 Å². The van der Waals surface area contributed by atoms with E-state index in [9.17, 15) is 0 Å². The maximum absolute atomic E-state index is 6.06. The number of anilines is 1. The van der Waals surface area contributed by atoms with Gasteiger partial charge in [0.25, 0.3) is 0 Å². The average Bonchev–Trinajstić information content (AvgIpc) is 3.14. The summed E-state index contributed by atoms with van der Waals surface area (Å²) in [6.07, 6.45) is 6.29. The number of aromatic nitrogens is 2. The smallest absolute Gasteiger partial charge is 0.227 e. The fraction of sp³-hybridized carbons (Fsp3) is 0.625. The number of nitrogens with one attached hydrogen (secondary N) is 1. The topological polar surface area (TPSA) is 47.0 Å². The summed E-state index contributed by atoms with van der Waals surface area (Å²) in [7, 11) is 0. The van der Waals surface area contributed by atoms with Gasteiger partial charge in [0.1, 0.15) is 4.83 Å². The van der Waals surface area contributed by atoms with Gasteiger partial charge in [-0.2, -0.15) is 4.98 Å². The van der Waals surface area contributed by atoms with E-state index in [-0.39, 0.29) is 0 Å². The minimum atomic E-state index is 0.677. The molecule has 1 aliphatic rings. The van der Waals surface area contributed by atoms with Gasteiger partial charge in [-0.3, -0.25) is 0 Å². The monoisotopic (exact) mass is 305 g/mol. The Kier molecular flexibility index (Phi) is 4.58. The maximum Gasteiger partial charge on any atom is 0.227 e. The van der Waals surface area contributed by atoms with Crippen LogP contribution in [0.5, 0.6) is 5.88 Å². The summed E-state index contributed by atoms with van der Waals surface area (Å²) < 4.78 is 6.06. The first-order valence-corrected chi connectivity index (χ1v) is 8.79. The molecular weight excluding hydrogens is 282 g/mol. The number of hydrogen-bond donors (Lipinski definition) is 1. The zero-order valence-electron chi connectivity index (χ0n) is 12.8. The highest BCUT2D eigenvalue weighted by Gasteiger charge is 2.18. The molecule has 0 saturated heterocycles. The third-order valence-electron chi connectivity index (χ3n) is 4.02. The van der Waals surface area contributed by atoms with Crippen molar-refractivity contribution in [1.82, 2.24) is 9.97 Å². The second-order valence-corrected chi connectivity index (χ2v) is 6.74. The van der Waals surface area contributed by atoms with Crippen LogP contribution in [0.4, 0.5) is 5.95 Å². The van der Waals surface area contributed by atoms with E-state index in [4.69, 9.17) is 4.74 Å². The maximum atomic E-state index is 6.06. The van der Waals surface area contributed by atoms with Gasteiger partial charge in [0.05, 0.1) is 12.0 Å². The molecule has 1 saturated carbocycles. The quantitative estimate of drug-likeness (QED) is 0.866. The summed E-state index contributed by atoms with van der Waals surface area (Å²) in [5, 5.41) is 4.27. The van der Waals surface area contributed by atoms with Gasteiger partial charge in [0.15, 0.2) is 0 Å². The molecule has 2 heterocycles. The summed E-state index contributed by atoms with van der Waals surface area (Å²) in [5.74, 6) is 2.12. The van der Waals surface area contributed by atoms with Gasteiger partial charge in [0, 0.05) is 11.4 Å². The highest BCUT2D eigenvalue weighted by atomic mass is 32.1. The average molecular weight is 305 g/mol. The van der Waals surface area contributed by atoms with E-state index < -0.39 is 0 Å². The summed E-state index contributed by atoms with van der Waals surface area (Å²) in [6.45, 7) is 5.83. The van der Waals surface area contributed by atoms with Crippen LogP contribution in [0, 0.1) is 5.92 Å². The molecule has 0 aliphatic heterocycles. The van der Waals surface area contributed by atoms with Crippen LogP contribution in [0.25, 0.3) is 10.2 Å². The van der Waals surface area contributed by atoms with Gasteiger partial charge in [-0.25, -0.2) is 4.98 Å². The lowest BCUT2D eigenvalue weighted by Crippen LogP contribution is -2.10. The van der Waals surface area contributed by atoms with Gasteiger partial charge in [-0.05, 0) is 38.2 Å². The number of ether oxygens (including phenoxy) is 1. The molecule has 3 rings (SSSR count). The van der Waals surface area contributed by atoms with Crippen molar-refractivity contribution in [1.29, 1.82) is 0 Å². The molecule has 21 heavy (non-hydrogen) atoms. The first kappa shape index (κ1) is 14.6. The van der Waals surface area contributed by atoms with Gasteiger partial charge in [-0.1, -0.05) is 19.8 Å². The molecule has 4 nitrogen and oxygen atoms in total. The van der Waals surface area contributed by atoms with E-state index in [0.717, 1.165) is 35.7 Å². The number of aryl methyl sites for hydroxylation is 1. The highest BCUT2D eigenvalue weighted by molar-refractivity contribution is 7.18. The van der Waals surface area contributed by atoms with Crippen molar-refractivity contribution in [3.8, 4) is 5.88 Å². The van der Waals surface area contributed by atoms with Crippen molar-refractivity contribution < 1.29 is 4.74 Å². The lowest BCUT2D eigenvalue weighted by Gasteiger charge is -2.12. The van der Waals surface area contributed by atoms with Crippen LogP contribution in [0.15, 0.2) is 6.07 Å². The van der Waals surface area contributed by atoms with Crippen LogP contribution < -0.4 is 10.1 Å². The van der Waals surface area contributed by atoms with Gasteiger partial charge < -0.3 is 10.1 Å². The molecule has 0 bridgehead atoms. The molecule has 5 heteroatoms. The molecule has 1 N–H and O–H groups in total. The largest absolute Gasteiger partial charge is 0.477 e. The van der Waals surface area contributed by atoms with Crippen LogP contribution in [-0.2, 0) is 6.42 Å². The van der Waals surface area contributed by atoms with Gasteiger partial charge in [-0.15, -0.1) is 11.3 Å². The van der Waals surface area contributed by atoms with Crippen molar-refractivity contribution in [3.63, 3.8) is 0 Å². The Hall–Kier alpha value is -1.36. The normalized spacial score (nSPS) is 15.7. The lowest BCUT2D eigenvalue weighted by atomic mass is 10.1. The SMILES string of the molecule is CCNc1nc(OCC2CCCC2)c2cc(CC)sc2n1. The second-order valence-electron chi connectivity index (χ2n) is 5.63. The van der Waals surface area contributed by atoms with E-state index in [1.54, 1.807) is 11.3 Å². The zero-order valence-corrected chi connectivity index (χ0v) is 13.6. The second kappa shape index (κ2) is 6.60. The molecule has 0 radical (unpaired) electrons. The minimum absolute atomic E-state index is 0.677. The molecule has 0 unspecified atom stereocenters. The molecule has 0 atom stereocenters. The van der Waals surface area contributed by atoms with Crippen molar-refractivity contribution in [3.05, 3.63) is 10.9 Å². The summed E-state index contributed by atoms with van der Waals surface area (Å²) in [6, 6.07) is 2.18. The van der Waals surface area contributed by atoms with Gasteiger partial charge >= 0.3 is 0 Å². The Bertz CT molecular complexity index is 605. The Morgan fingerprint density at radius 2 is 2.10 bits per heavy atom. The van der Waals surface area contributed by atoms with Crippen molar-refractivity contribution in [2.75, 3.05) is 18.5 Å². The Labute approximate surface area is 129 Å². The molecule has 1 aliphatic carbocycles. The minimum Gasteiger partial charge on any atom is -0.477 e. The van der Waals surface area contributed by atoms with E-state index in [1.807, 2.05) is 0 Å². The third-order valence-corrected chi connectivity index (χ3v) is 5.20. The fourth-order valence-corrected chi connectivity index (χ4v) is 3.80. The Morgan fingerprint density at radius 3 is 2.81 bits per heavy atom. The van der Waals surface area contributed by atoms with E-state index >= 15 is 0 Å². The van der Waals surface area contributed by atoms with E-state index in [2.05, 4.69) is 35.2 Å². The standard InChI is InChI=1S/C16H23N3OS/c1-3-12-9-13-14(20-10-11-7-5-6-8-11)18-16(17-4-2)19-15(13)21-12/h9,11H,3-8,10H2,1-2H3,(H,17,18,19). The summed E-state index contributed by atoms with van der Waals surface area (Å²) in [4.78, 5) is 11.5. The lowest BCUT2D eigenvalue weighted by molar-refractivity contribution is 0.246.